The molecule has 0 saturated heterocycles. The van der Waals surface area contributed by atoms with Crippen LogP contribution in [0.15, 0.2) is 65.1 Å². The first-order valence-corrected chi connectivity index (χ1v) is 11.4. The Hall–Kier alpha value is -3.65. The largest absolute Gasteiger partial charge is 0.493 e. The molecule has 0 fully saturated rings. The van der Waals surface area contributed by atoms with Crippen LogP contribution < -0.4 is 14.8 Å². The summed E-state index contributed by atoms with van der Waals surface area (Å²) in [5, 5.41) is 9.00. The highest BCUT2D eigenvalue weighted by molar-refractivity contribution is 7.12. The van der Waals surface area contributed by atoms with Crippen molar-refractivity contribution in [2.75, 3.05) is 12.4 Å². The molecule has 1 amide bonds. The normalized spacial score (nSPS) is 20.9. The molecule has 2 aliphatic heterocycles. The Kier molecular flexibility index (Phi) is 5.17. The molecule has 7 nitrogen and oxygen atoms in total. The summed E-state index contributed by atoms with van der Waals surface area (Å²) in [6, 6.07) is 16.1. The highest BCUT2D eigenvalue weighted by Crippen LogP contribution is 2.50. The summed E-state index contributed by atoms with van der Waals surface area (Å²) < 4.78 is 11.3. The number of hydrogen-bond donors (Lipinski definition) is 1. The number of carbonyl (C=O) groups excluding carboxylic acids is 2. The molecule has 1 N–H and O–H groups in total. The number of ketones is 1. The number of oxime groups is 1. The molecule has 0 bridgehead atoms. The van der Waals surface area contributed by atoms with Crippen LogP contribution in [-0.2, 0) is 15.2 Å². The van der Waals surface area contributed by atoms with Gasteiger partial charge in [0, 0.05) is 16.8 Å². The van der Waals surface area contributed by atoms with E-state index in [2.05, 4.69) is 10.5 Å². The van der Waals surface area contributed by atoms with Gasteiger partial charge in [0.25, 0.3) is 11.5 Å². The second kappa shape index (κ2) is 8.04. The zero-order valence-electron chi connectivity index (χ0n) is 18.3. The third-order valence-electron chi connectivity index (χ3n) is 5.73. The Morgan fingerprint density at radius 3 is 2.70 bits per heavy atom. The number of nitrogens with one attached hydrogen (secondary N) is 1. The van der Waals surface area contributed by atoms with Crippen LogP contribution in [0.1, 0.15) is 34.6 Å². The molecule has 0 saturated carbocycles. The number of fused-ring (bicyclic) bond motifs is 2. The number of amides is 1. The predicted molar refractivity (Wildman–Crippen MR) is 125 cm³/mol. The van der Waals surface area contributed by atoms with Crippen molar-refractivity contribution >= 4 is 34.4 Å². The molecule has 0 aliphatic carbocycles. The van der Waals surface area contributed by atoms with Crippen molar-refractivity contribution in [2.24, 2.45) is 11.1 Å². The molecule has 2 aliphatic rings. The van der Waals surface area contributed by atoms with Gasteiger partial charge < -0.3 is 19.6 Å². The summed E-state index contributed by atoms with van der Waals surface area (Å²) >= 11 is 1.32. The Morgan fingerprint density at radius 2 is 1.97 bits per heavy atom. The Morgan fingerprint density at radius 1 is 1.15 bits per heavy atom. The van der Waals surface area contributed by atoms with Gasteiger partial charge >= 0.3 is 0 Å². The lowest BCUT2D eigenvalue weighted by Crippen LogP contribution is -2.46. The lowest BCUT2D eigenvalue weighted by molar-refractivity contribution is -0.140. The Bertz CT molecular complexity index is 1270. The van der Waals surface area contributed by atoms with E-state index >= 15 is 0 Å². The first-order valence-electron chi connectivity index (χ1n) is 10.6. The number of rotatable bonds is 6. The minimum absolute atomic E-state index is 0.0352. The van der Waals surface area contributed by atoms with E-state index in [1.807, 2.05) is 31.4 Å². The van der Waals surface area contributed by atoms with Gasteiger partial charge in [0.05, 0.1) is 18.1 Å². The van der Waals surface area contributed by atoms with Gasteiger partial charge in [0.2, 0.25) is 0 Å². The number of anilines is 1. The van der Waals surface area contributed by atoms with Gasteiger partial charge in [-0.05, 0) is 49.6 Å². The Balaban J connectivity index is 1.64. The molecule has 168 valence electrons. The van der Waals surface area contributed by atoms with Crippen molar-refractivity contribution in [3.8, 4) is 11.5 Å². The van der Waals surface area contributed by atoms with Crippen molar-refractivity contribution in [1.82, 2.24) is 0 Å². The third kappa shape index (κ3) is 3.29. The summed E-state index contributed by atoms with van der Waals surface area (Å²) in [5.74, 6) is -0.529. The first-order chi connectivity index (χ1) is 16.0. The van der Waals surface area contributed by atoms with Crippen LogP contribution in [0.3, 0.4) is 0 Å². The minimum Gasteiger partial charge on any atom is -0.493 e. The van der Waals surface area contributed by atoms with Crippen LogP contribution in [0.25, 0.3) is 0 Å². The van der Waals surface area contributed by atoms with Crippen LogP contribution in [0.2, 0.25) is 0 Å². The maximum Gasteiger partial charge on any atom is 0.277 e. The fraction of sp³-hybridized carbons (Fsp3) is 0.240. The number of para-hydroxylation sites is 1. The Labute approximate surface area is 195 Å². The summed E-state index contributed by atoms with van der Waals surface area (Å²) in [5.41, 5.74) is 0.617. The van der Waals surface area contributed by atoms with E-state index in [-0.39, 0.29) is 11.9 Å². The smallest absolute Gasteiger partial charge is 0.277 e. The van der Waals surface area contributed by atoms with Gasteiger partial charge in [-0.3, -0.25) is 9.59 Å². The molecule has 2 atom stereocenters. The zero-order valence-corrected chi connectivity index (χ0v) is 19.1. The average molecular weight is 463 g/mol. The van der Waals surface area contributed by atoms with Gasteiger partial charge in [-0.25, -0.2) is 0 Å². The van der Waals surface area contributed by atoms with E-state index in [0.29, 0.717) is 38.9 Å². The lowest BCUT2D eigenvalue weighted by Gasteiger charge is -2.26. The van der Waals surface area contributed by atoms with E-state index < -0.39 is 17.4 Å². The lowest BCUT2D eigenvalue weighted by atomic mass is 9.75. The van der Waals surface area contributed by atoms with E-state index in [9.17, 15) is 9.59 Å². The number of Topliss-reactive ketones (excluding diaryl/α,β-unsaturated/α-hetero) is 1. The molecular weight excluding hydrogens is 440 g/mol. The molecule has 8 heteroatoms. The third-order valence-corrected chi connectivity index (χ3v) is 6.61. The van der Waals surface area contributed by atoms with Crippen LogP contribution in [-0.4, -0.2) is 30.6 Å². The number of benzene rings is 2. The first kappa shape index (κ1) is 21.2. The van der Waals surface area contributed by atoms with Crippen molar-refractivity contribution < 1.29 is 23.9 Å². The maximum absolute atomic E-state index is 13.8. The summed E-state index contributed by atoms with van der Waals surface area (Å²) in [7, 11) is 1.55. The molecule has 1 aromatic heterocycles. The number of carbonyl (C=O) groups is 2. The van der Waals surface area contributed by atoms with E-state index in [4.69, 9.17) is 14.3 Å². The average Bonchev–Trinajstić information content (AvgIpc) is 3.53. The molecule has 3 aromatic rings. The molecule has 33 heavy (non-hydrogen) atoms. The van der Waals surface area contributed by atoms with Gasteiger partial charge in [0.1, 0.15) is 11.6 Å². The number of hydrogen-bond acceptors (Lipinski definition) is 7. The second-order valence-corrected chi connectivity index (χ2v) is 9.06. The number of nitrogens with zero attached hydrogens (tertiary/aromatic N) is 1. The van der Waals surface area contributed by atoms with E-state index in [1.165, 1.54) is 11.3 Å². The molecule has 5 rings (SSSR count). The molecule has 3 heterocycles. The summed E-state index contributed by atoms with van der Waals surface area (Å²) in [4.78, 5) is 33.5. The highest BCUT2D eigenvalue weighted by Gasteiger charge is 2.63. The number of methoxy groups -OCH3 is 1. The van der Waals surface area contributed by atoms with Crippen molar-refractivity contribution in [2.45, 2.75) is 25.6 Å². The quantitative estimate of drug-likeness (QED) is 0.540. The number of ether oxygens (including phenoxy) is 2. The van der Waals surface area contributed by atoms with Crippen LogP contribution >= 0.6 is 11.3 Å². The fourth-order valence-electron chi connectivity index (χ4n) is 4.32. The summed E-state index contributed by atoms with van der Waals surface area (Å²) in [6.45, 7) is 3.86. The van der Waals surface area contributed by atoms with Gasteiger partial charge in [-0.1, -0.05) is 29.4 Å². The van der Waals surface area contributed by atoms with Crippen molar-refractivity contribution in [3.05, 3.63) is 76.0 Å². The van der Waals surface area contributed by atoms with Crippen molar-refractivity contribution in [3.63, 3.8) is 0 Å². The second-order valence-electron chi connectivity index (χ2n) is 8.11. The monoisotopic (exact) mass is 462 g/mol. The molecule has 1 spiro atoms. The van der Waals surface area contributed by atoms with Crippen LogP contribution in [0.4, 0.5) is 5.69 Å². The molecule has 0 unspecified atom stereocenters. The topological polar surface area (TPSA) is 86.2 Å². The fourth-order valence-corrected chi connectivity index (χ4v) is 5.01. The predicted octanol–water partition coefficient (Wildman–Crippen LogP) is 4.62. The zero-order chi connectivity index (χ0) is 23.2. The molecule has 2 aromatic carbocycles. The standard InChI is InChI=1S/C25H22N2O5S/c1-14(2)31-18-11-10-15(13-19(18)30-3)22-21(23(28)20-9-6-12-33-20)25(32-27-22)16-7-4-5-8-17(16)26-24(25)29/h4-14,21H,1-3H3,(H,26,29)/t21-,25-/m1/s1. The number of thiophene rings is 1. The van der Waals surface area contributed by atoms with Gasteiger partial charge in [-0.15, -0.1) is 11.3 Å². The summed E-state index contributed by atoms with van der Waals surface area (Å²) in [6.07, 6.45) is -0.0352. The van der Waals surface area contributed by atoms with Crippen LogP contribution in [0, 0.1) is 5.92 Å². The van der Waals surface area contributed by atoms with E-state index in [1.54, 1.807) is 49.6 Å². The van der Waals surface area contributed by atoms with Gasteiger partial charge in [-0.2, -0.15) is 0 Å². The highest BCUT2D eigenvalue weighted by atomic mass is 32.1. The molecular formula is C25H22N2O5S. The molecule has 0 radical (unpaired) electrons. The SMILES string of the molecule is COc1cc(C2=NO[C@@]3(C(=O)Nc4ccccc43)[C@H]2C(=O)c2cccs2)ccc1OC(C)C. The van der Waals surface area contributed by atoms with E-state index in [0.717, 1.165) is 0 Å². The van der Waals surface area contributed by atoms with Crippen molar-refractivity contribution in [1.29, 1.82) is 0 Å². The minimum atomic E-state index is -1.58. The maximum atomic E-state index is 13.8. The van der Waals surface area contributed by atoms with Crippen LogP contribution in [0.5, 0.6) is 11.5 Å². The van der Waals surface area contributed by atoms with Gasteiger partial charge in [0.15, 0.2) is 17.3 Å².